The van der Waals surface area contributed by atoms with Gasteiger partial charge in [-0.2, -0.15) is 0 Å². The van der Waals surface area contributed by atoms with E-state index in [0.29, 0.717) is 19.3 Å². The minimum atomic E-state index is -0.837. The van der Waals surface area contributed by atoms with Crippen LogP contribution in [0.15, 0.2) is 146 Å². The fourth-order valence-corrected chi connectivity index (χ4v) is 6.41. The van der Waals surface area contributed by atoms with Gasteiger partial charge in [-0.15, -0.1) is 0 Å². The SMILES string of the molecule is CC/C=C\C/C=C\C/C=C\C/C=C\CCCCCC(=O)OCC(COC(=O)CCC/C=C\C/C=C\C/C=C\C/C=C\CCCCC)OC(=O)CCCCC/C=C\C/C=C\C/C=C\C/C=C\CC. The Balaban J connectivity index is 4.62. The summed E-state index contributed by atoms with van der Waals surface area (Å²) in [4.78, 5) is 38.0. The second-order valence-electron chi connectivity index (χ2n) is 16.7. The molecular formula is C61H94O6. The highest BCUT2D eigenvalue weighted by molar-refractivity contribution is 5.71. The maximum absolute atomic E-state index is 12.8. The molecule has 0 saturated heterocycles. The summed E-state index contributed by atoms with van der Waals surface area (Å²) in [6.45, 7) is 6.25. The van der Waals surface area contributed by atoms with Crippen molar-refractivity contribution in [1.29, 1.82) is 0 Å². The van der Waals surface area contributed by atoms with E-state index in [4.69, 9.17) is 14.2 Å². The molecule has 0 aromatic carbocycles. The van der Waals surface area contributed by atoms with E-state index in [9.17, 15) is 14.4 Å². The number of unbranched alkanes of at least 4 members (excludes halogenated alkanes) is 10. The number of rotatable bonds is 45. The van der Waals surface area contributed by atoms with Crippen molar-refractivity contribution in [3.05, 3.63) is 146 Å². The van der Waals surface area contributed by atoms with Gasteiger partial charge >= 0.3 is 17.9 Å². The molecule has 0 aliphatic heterocycles. The molecule has 0 amide bonds. The lowest BCUT2D eigenvalue weighted by Gasteiger charge is -2.18. The first-order valence-electron chi connectivity index (χ1n) is 26.3. The second kappa shape index (κ2) is 53.9. The van der Waals surface area contributed by atoms with Crippen molar-refractivity contribution >= 4 is 17.9 Å². The molecule has 0 aliphatic rings. The van der Waals surface area contributed by atoms with Crippen molar-refractivity contribution in [1.82, 2.24) is 0 Å². The molecule has 0 aromatic rings. The van der Waals surface area contributed by atoms with Gasteiger partial charge in [0, 0.05) is 19.3 Å². The lowest BCUT2D eigenvalue weighted by atomic mass is 10.1. The summed E-state index contributed by atoms with van der Waals surface area (Å²) in [6, 6.07) is 0. The summed E-state index contributed by atoms with van der Waals surface area (Å²) in [5.41, 5.74) is 0. The van der Waals surface area contributed by atoms with Crippen molar-refractivity contribution in [3.63, 3.8) is 0 Å². The molecule has 0 spiro atoms. The first kappa shape index (κ1) is 62.3. The van der Waals surface area contributed by atoms with E-state index < -0.39 is 6.10 Å². The minimum absolute atomic E-state index is 0.131. The molecule has 0 N–H and O–H groups in total. The van der Waals surface area contributed by atoms with Crippen molar-refractivity contribution in [2.24, 2.45) is 0 Å². The van der Waals surface area contributed by atoms with Crippen molar-refractivity contribution < 1.29 is 28.6 Å². The Labute approximate surface area is 410 Å². The number of hydrogen-bond acceptors (Lipinski definition) is 6. The molecule has 0 rings (SSSR count). The zero-order valence-corrected chi connectivity index (χ0v) is 42.6. The van der Waals surface area contributed by atoms with Crippen LogP contribution in [0, 0.1) is 0 Å². The van der Waals surface area contributed by atoms with Crippen molar-refractivity contribution in [3.8, 4) is 0 Å². The highest BCUT2D eigenvalue weighted by Crippen LogP contribution is 2.11. The van der Waals surface area contributed by atoms with E-state index in [1.165, 1.54) is 25.7 Å². The maximum atomic E-state index is 12.8. The quantitative estimate of drug-likeness (QED) is 0.0262. The Hall–Kier alpha value is -4.71. The fourth-order valence-electron chi connectivity index (χ4n) is 6.41. The van der Waals surface area contributed by atoms with Gasteiger partial charge in [0.1, 0.15) is 13.2 Å². The molecule has 0 radical (unpaired) electrons. The summed E-state index contributed by atoms with van der Waals surface area (Å²) in [5, 5.41) is 0. The predicted octanol–water partition coefficient (Wildman–Crippen LogP) is 17.6. The maximum Gasteiger partial charge on any atom is 0.306 e. The smallest absolute Gasteiger partial charge is 0.306 e. The first-order chi connectivity index (χ1) is 33.0. The van der Waals surface area contributed by atoms with Crippen LogP contribution in [0.3, 0.4) is 0 Å². The average molecular weight is 923 g/mol. The van der Waals surface area contributed by atoms with Gasteiger partial charge in [-0.25, -0.2) is 0 Å². The standard InChI is InChI=1S/C61H94O6/c1-4-7-10-13-16-19-22-25-28-31-34-36-39-42-45-48-51-54-60(63)66-57-58(67-61(64)55-52-49-46-43-40-37-33-30-27-24-21-18-15-12-9-6-3)56-65-59(62)53-50-47-44-41-38-35-32-29-26-23-20-17-14-11-8-5-2/h8-9,11-12,16-21,25-30,34-38,40,42,45,58H,4-7,10,13-15,22-24,31-33,39,41,43-44,46-57H2,1-3H3/b11-8-,12-9-,19-16-,20-17-,21-18-,28-25-,29-26-,30-27-,36-34-,38-35-,40-37-,45-42-. The predicted molar refractivity (Wildman–Crippen MR) is 288 cm³/mol. The van der Waals surface area contributed by atoms with Crippen LogP contribution in [0.2, 0.25) is 0 Å². The summed E-state index contributed by atoms with van der Waals surface area (Å²) in [7, 11) is 0. The van der Waals surface area contributed by atoms with Gasteiger partial charge in [0.15, 0.2) is 6.10 Å². The Morgan fingerprint density at radius 1 is 0.313 bits per heavy atom. The van der Waals surface area contributed by atoms with E-state index in [2.05, 4.69) is 167 Å². The Bertz CT molecular complexity index is 1530. The fraction of sp³-hybridized carbons (Fsp3) is 0.557. The third kappa shape index (κ3) is 52.1. The number of carbonyl (C=O) groups excluding carboxylic acids is 3. The van der Waals surface area contributed by atoms with Crippen LogP contribution < -0.4 is 0 Å². The Kier molecular flexibility index (Phi) is 50.1. The molecule has 0 saturated carbocycles. The zero-order valence-electron chi connectivity index (χ0n) is 42.6. The van der Waals surface area contributed by atoms with Crippen LogP contribution in [0.1, 0.15) is 201 Å². The zero-order chi connectivity index (χ0) is 48.6. The molecule has 6 nitrogen and oxygen atoms in total. The number of hydrogen-bond donors (Lipinski definition) is 0. The molecule has 374 valence electrons. The van der Waals surface area contributed by atoms with Gasteiger partial charge in [-0.05, 0) is 135 Å². The van der Waals surface area contributed by atoms with Crippen LogP contribution in [0.4, 0.5) is 0 Å². The van der Waals surface area contributed by atoms with Crippen LogP contribution in [-0.2, 0) is 28.6 Å². The summed E-state index contributed by atoms with van der Waals surface area (Å²) in [5.74, 6) is -1.06. The molecule has 0 aromatic heterocycles. The van der Waals surface area contributed by atoms with E-state index in [-0.39, 0.29) is 44.0 Å². The molecule has 0 fully saturated rings. The molecule has 0 aliphatic carbocycles. The molecule has 0 heterocycles. The van der Waals surface area contributed by atoms with Gasteiger partial charge in [0.25, 0.3) is 0 Å². The molecule has 0 bridgehead atoms. The highest BCUT2D eigenvalue weighted by atomic mass is 16.6. The normalized spacial score (nSPS) is 13.3. The Morgan fingerprint density at radius 3 is 0.940 bits per heavy atom. The van der Waals surface area contributed by atoms with E-state index >= 15 is 0 Å². The van der Waals surface area contributed by atoms with Crippen LogP contribution in [0.5, 0.6) is 0 Å². The Morgan fingerprint density at radius 2 is 0.597 bits per heavy atom. The topological polar surface area (TPSA) is 78.9 Å². The molecule has 1 atom stereocenters. The largest absolute Gasteiger partial charge is 0.462 e. The van der Waals surface area contributed by atoms with Gasteiger partial charge in [-0.1, -0.05) is 192 Å². The minimum Gasteiger partial charge on any atom is -0.462 e. The van der Waals surface area contributed by atoms with Crippen LogP contribution in [-0.4, -0.2) is 37.2 Å². The number of ether oxygens (including phenoxy) is 3. The summed E-state index contributed by atoms with van der Waals surface area (Å²) >= 11 is 0. The highest BCUT2D eigenvalue weighted by Gasteiger charge is 2.19. The number of carbonyl (C=O) groups is 3. The van der Waals surface area contributed by atoms with Crippen LogP contribution in [0.25, 0.3) is 0 Å². The molecular weight excluding hydrogens is 829 g/mol. The van der Waals surface area contributed by atoms with Crippen LogP contribution >= 0.6 is 0 Å². The second-order valence-corrected chi connectivity index (χ2v) is 16.7. The number of allylic oxidation sites excluding steroid dienone is 24. The molecule has 67 heavy (non-hydrogen) atoms. The third-order valence-electron chi connectivity index (χ3n) is 10.3. The van der Waals surface area contributed by atoms with E-state index in [1.54, 1.807) is 0 Å². The van der Waals surface area contributed by atoms with Crippen molar-refractivity contribution in [2.75, 3.05) is 13.2 Å². The van der Waals surface area contributed by atoms with Crippen molar-refractivity contribution in [2.45, 2.75) is 207 Å². The summed E-state index contributed by atoms with van der Waals surface area (Å²) < 4.78 is 16.7. The number of esters is 3. The lowest BCUT2D eigenvalue weighted by molar-refractivity contribution is -0.167. The van der Waals surface area contributed by atoms with Gasteiger partial charge < -0.3 is 14.2 Å². The van der Waals surface area contributed by atoms with Gasteiger partial charge in [0.05, 0.1) is 0 Å². The molecule has 1 unspecified atom stereocenters. The average Bonchev–Trinajstić information content (AvgIpc) is 3.33. The third-order valence-corrected chi connectivity index (χ3v) is 10.3. The van der Waals surface area contributed by atoms with E-state index in [1.807, 2.05) is 0 Å². The monoisotopic (exact) mass is 923 g/mol. The molecule has 6 heteroatoms. The lowest BCUT2D eigenvalue weighted by Crippen LogP contribution is -2.30. The van der Waals surface area contributed by atoms with E-state index in [0.717, 1.165) is 122 Å². The summed E-state index contributed by atoms with van der Waals surface area (Å²) in [6.07, 6.45) is 76.9. The van der Waals surface area contributed by atoms with Gasteiger partial charge in [0.2, 0.25) is 0 Å². The first-order valence-corrected chi connectivity index (χ1v) is 26.3. The van der Waals surface area contributed by atoms with Gasteiger partial charge in [-0.3, -0.25) is 14.4 Å².